The second-order valence-electron chi connectivity index (χ2n) is 11.2. The van der Waals surface area contributed by atoms with Crippen LogP contribution in [0, 0.1) is 11.6 Å². The fourth-order valence-corrected chi connectivity index (χ4v) is 6.02. The number of fused-ring (bicyclic) bond motifs is 6. The molecule has 2 N–H and O–H groups in total. The monoisotopic (exact) mass is 593 g/mol. The Morgan fingerprint density at radius 3 is 2.00 bits per heavy atom. The number of pyridine rings is 1. The summed E-state index contributed by atoms with van der Waals surface area (Å²) >= 11 is 0. The van der Waals surface area contributed by atoms with E-state index in [4.69, 9.17) is 9.98 Å². The fourth-order valence-electron chi connectivity index (χ4n) is 6.02. The van der Waals surface area contributed by atoms with Crippen LogP contribution >= 0.6 is 0 Å². The van der Waals surface area contributed by atoms with Crippen molar-refractivity contribution in [3.05, 3.63) is 172 Å². The predicted molar refractivity (Wildman–Crippen MR) is 173 cm³/mol. The summed E-state index contributed by atoms with van der Waals surface area (Å²) in [7, 11) is 3.93. The molecule has 4 aromatic rings. The van der Waals surface area contributed by atoms with Crippen LogP contribution in [0.2, 0.25) is 0 Å². The van der Waals surface area contributed by atoms with E-state index >= 15 is 8.78 Å². The lowest BCUT2D eigenvalue weighted by Gasteiger charge is -2.16. The van der Waals surface area contributed by atoms with Crippen LogP contribution in [-0.2, 0) is 7.05 Å². The lowest BCUT2D eigenvalue weighted by molar-refractivity contribution is -0.671. The highest BCUT2D eigenvalue weighted by Gasteiger charge is 2.26. The Labute approximate surface area is 257 Å². The smallest absolute Gasteiger partial charge is 0.169 e. The lowest BCUT2D eigenvalue weighted by Crippen LogP contribution is -2.26. The van der Waals surface area contributed by atoms with Crippen molar-refractivity contribution in [2.45, 2.75) is 0 Å². The SMILES string of the molecule is CN1C=CC(=C2C3=NC(=c4ccc([nH]4)=C(c4cc[n+](C)cc4)C4=NC(=C(c5c(F)cccc5F)c5ccc2[nH]5)C=C4)C=C3)C=C1. The first-order valence-corrected chi connectivity index (χ1v) is 14.6. The van der Waals surface area contributed by atoms with Crippen molar-refractivity contribution in [2.24, 2.45) is 17.0 Å². The molecule has 3 aromatic heterocycles. The van der Waals surface area contributed by atoms with Crippen molar-refractivity contribution in [1.82, 2.24) is 14.9 Å². The molecule has 0 saturated heterocycles. The van der Waals surface area contributed by atoms with Gasteiger partial charge >= 0.3 is 0 Å². The van der Waals surface area contributed by atoms with Crippen LogP contribution in [0.3, 0.4) is 0 Å². The van der Waals surface area contributed by atoms with Gasteiger partial charge in [-0.25, -0.2) is 23.3 Å². The van der Waals surface area contributed by atoms with Gasteiger partial charge in [0.25, 0.3) is 0 Å². The third-order valence-corrected chi connectivity index (χ3v) is 8.25. The third-order valence-electron chi connectivity index (χ3n) is 8.25. The molecule has 4 aliphatic rings. The molecule has 0 aliphatic carbocycles. The maximum atomic E-state index is 15.5. The number of rotatable bonds is 2. The zero-order valence-corrected chi connectivity index (χ0v) is 24.5. The van der Waals surface area contributed by atoms with Crippen LogP contribution in [0.25, 0.3) is 22.4 Å². The summed E-state index contributed by atoms with van der Waals surface area (Å²) in [6.07, 6.45) is 19.7. The van der Waals surface area contributed by atoms with Crippen molar-refractivity contribution >= 4 is 33.8 Å². The van der Waals surface area contributed by atoms with Crippen LogP contribution in [0.5, 0.6) is 0 Å². The molecule has 0 amide bonds. The summed E-state index contributed by atoms with van der Waals surface area (Å²) in [5.74, 6) is -1.33. The summed E-state index contributed by atoms with van der Waals surface area (Å²) in [5.41, 5.74) is 7.79. The highest BCUT2D eigenvalue weighted by molar-refractivity contribution is 6.33. The van der Waals surface area contributed by atoms with Crippen LogP contribution in [-0.4, -0.2) is 33.3 Å². The quantitative estimate of drug-likeness (QED) is 0.317. The van der Waals surface area contributed by atoms with E-state index in [0.29, 0.717) is 22.7 Å². The van der Waals surface area contributed by atoms with E-state index in [-0.39, 0.29) is 5.56 Å². The van der Waals surface area contributed by atoms with Crippen molar-refractivity contribution in [1.29, 1.82) is 0 Å². The summed E-state index contributed by atoms with van der Waals surface area (Å²) in [6, 6.07) is 15.8. The zero-order chi connectivity index (χ0) is 30.7. The summed E-state index contributed by atoms with van der Waals surface area (Å²) in [6.45, 7) is 0. The lowest BCUT2D eigenvalue weighted by atomic mass is 9.99. The minimum Gasteiger partial charge on any atom is -0.357 e. The largest absolute Gasteiger partial charge is 0.357 e. The van der Waals surface area contributed by atoms with Gasteiger partial charge < -0.3 is 14.9 Å². The number of hydrogen-bond acceptors (Lipinski definition) is 3. The van der Waals surface area contributed by atoms with Gasteiger partial charge in [-0.2, -0.15) is 0 Å². The Morgan fingerprint density at radius 1 is 0.644 bits per heavy atom. The molecule has 0 saturated carbocycles. The number of aromatic amines is 2. The first kappa shape index (κ1) is 26.7. The molecule has 7 heterocycles. The van der Waals surface area contributed by atoms with Crippen LogP contribution in [0.15, 0.2) is 137 Å². The number of hydrogen-bond donors (Lipinski definition) is 2. The number of nitrogens with one attached hydrogen (secondary N) is 2. The Kier molecular flexibility index (Phi) is 6.16. The van der Waals surface area contributed by atoms with Gasteiger partial charge in [0, 0.05) is 65.0 Å². The highest BCUT2D eigenvalue weighted by Crippen LogP contribution is 2.36. The van der Waals surface area contributed by atoms with Crippen molar-refractivity contribution < 1.29 is 13.3 Å². The van der Waals surface area contributed by atoms with E-state index in [1.165, 1.54) is 18.2 Å². The zero-order valence-electron chi connectivity index (χ0n) is 24.5. The van der Waals surface area contributed by atoms with E-state index in [1.807, 2.05) is 121 Å². The minimum absolute atomic E-state index is 0.141. The number of aliphatic imine (C=N–C) groups is 2. The standard InChI is InChI=1S/C37H26F2N6/c1-44-18-14-22(15-19-44)34-28-8-6-26(40-28)27-7-9-29(41-27)35(23-16-20-45(2)21-17-23)31-11-13-33(43-31)37(32-12-10-30(34)42-32)36-24(38)4-3-5-25(36)39/h3-21H,1-2H3,(H,42,43)/p+1. The normalized spacial score (nSPS) is 16.9. The molecule has 8 heteroatoms. The van der Waals surface area contributed by atoms with Crippen molar-refractivity contribution in [3.8, 4) is 0 Å². The summed E-state index contributed by atoms with van der Waals surface area (Å²) in [4.78, 5) is 19.1. The molecule has 0 atom stereocenters. The molecule has 218 valence electrons. The Bertz CT molecular complexity index is 2260. The topological polar surface area (TPSA) is 63.4 Å². The van der Waals surface area contributed by atoms with Gasteiger partial charge in [-0.15, -0.1) is 0 Å². The van der Waals surface area contributed by atoms with E-state index in [2.05, 4.69) is 9.97 Å². The molecule has 0 spiro atoms. The van der Waals surface area contributed by atoms with E-state index in [9.17, 15) is 0 Å². The Morgan fingerprint density at radius 2 is 1.27 bits per heavy atom. The molecule has 45 heavy (non-hydrogen) atoms. The first-order chi connectivity index (χ1) is 21.9. The molecule has 0 radical (unpaired) electrons. The number of nitrogens with zero attached hydrogens (tertiary/aromatic N) is 4. The maximum Gasteiger partial charge on any atom is 0.169 e. The first-order valence-electron chi connectivity index (χ1n) is 14.6. The van der Waals surface area contributed by atoms with Crippen LogP contribution in [0.1, 0.15) is 22.5 Å². The van der Waals surface area contributed by atoms with E-state index in [1.54, 1.807) is 0 Å². The number of aromatic nitrogens is 3. The number of H-pyrrole nitrogens is 2. The molecular formula is C37H27F2N6+. The molecular weight excluding hydrogens is 566 g/mol. The van der Waals surface area contributed by atoms with Gasteiger partial charge in [0.1, 0.15) is 18.7 Å². The Balaban J connectivity index is 1.49. The average Bonchev–Trinajstić information content (AvgIpc) is 3.86. The predicted octanol–water partition coefficient (Wildman–Crippen LogP) is 4.97. The number of aryl methyl sites for hydroxylation is 1. The van der Waals surface area contributed by atoms with Crippen molar-refractivity contribution in [2.75, 3.05) is 7.05 Å². The van der Waals surface area contributed by atoms with Gasteiger partial charge in [-0.3, -0.25) is 0 Å². The highest BCUT2D eigenvalue weighted by atomic mass is 19.1. The average molecular weight is 594 g/mol. The van der Waals surface area contributed by atoms with Gasteiger partial charge in [0.15, 0.2) is 12.4 Å². The minimum atomic E-state index is -0.667. The van der Waals surface area contributed by atoms with E-state index < -0.39 is 11.6 Å². The molecule has 1 aromatic carbocycles. The van der Waals surface area contributed by atoms with E-state index in [0.717, 1.165) is 50.1 Å². The second-order valence-corrected chi connectivity index (χ2v) is 11.2. The van der Waals surface area contributed by atoms with Crippen molar-refractivity contribution in [3.63, 3.8) is 0 Å². The molecule has 6 nitrogen and oxygen atoms in total. The number of allylic oxidation sites excluding steroid dienone is 7. The van der Waals surface area contributed by atoms with Gasteiger partial charge in [0.05, 0.1) is 33.7 Å². The summed E-state index contributed by atoms with van der Waals surface area (Å²) < 4.78 is 33.0. The third kappa shape index (κ3) is 4.58. The number of halogens is 2. The molecule has 0 unspecified atom stereocenters. The molecule has 0 fully saturated rings. The molecule has 8 bridgehead atoms. The van der Waals surface area contributed by atoms with Crippen LogP contribution in [0.4, 0.5) is 8.78 Å². The second kappa shape index (κ2) is 10.4. The van der Waals surface area contributed by atoms with Gasteiger partial charge in [-0.05, 0) is 84.0 Å². The van der Waals surface area contributed by atoms with Gasteiger partial charge in [0.2, 0.25) is 0 Å². The van der Waals surface area contributed by atoms with Gasteiger partial charge in [-0.1, -0.05) is 6.07 Å². The fraction of sp³-hybridized carbons (Fsp3) is 0.0541. The van der Waals surface area contributed by atoms with Crippen LogP contribution < -0.4 is 15.3 Å². The maximum absolute atomic E-state index is 15.5. The Hall–Kier alpha value is -5.89. The summed E-state index contributed by atoms with van der Waals surface area (Å²) in [5, 5.41) is 1.71. The molecule has 4 aliphatic heterocycles. The number of benzene rings is 1. The molecule has 8 rings (SSSR count).